The Morgan fingerprint density at radius 2 is 0.739 bits per heavy atom. The predicted molar refractivity (Wildman–Crippen MR) is 337 cm³/mol. The molecule has 8 rings (SSSR count). The first-order valence-corrected chi connectivity index (χ1v) is 26.1. The topological polar surface area (TPSA) is 153 Å². The third-order valence-electron chi connectivity index (χ3n) is 10.9. The molecule has 12 nitrogen and oxygen atoms in total. The molecule has 0 aliphatic carbocycles. The summed E-state index contributed by atoms with van der Waals surface area (Å²) in [5.74, 6) is -6.48. The molecule has 8 aromatic carbocycles. The van der Waals surface area contributed by atoms with Gasteiger partial charge in [0.2, 0.25) is 0 Å². The molecule has 0 aliphatic heterocycles. The molecule has 0 aromatic heterocycles. The maximum absolute atomic E-state index is 13.5. The van der Waals surface area contributed by atoms with E-state index in [1.54, 1.807) is 53.8 Å². The zero-order valence-corrected chi connectivity index (χ0v) is 47.5. The van der Waals surface area contributed by atoms with Gasteiger partial charge < -0.3 is 40.2 Å². The van der Waals surface area contributed by atoms with Crippen LogP contribution in [0.3, 0.4) is 0 Å². The van der Waals surface area contributed by atoms with Gasteiger partial charge in [-0.05, 0) is 197 Å². The molecule has 0 spiro atoms. The monoisotopic (exact) mass is 1240 g/mol. The van der Waals surface area contributed by atoms with Gasteiger partial charge in [-0.25, -0.2) is 17.6 Å². The van der Waals surface area contributed by atoms with E-state index in [0.29, 0.717) is 11.3 Å². The predicted octanol–water partition coefficient (Wildman–Crippen LogP) is 13.9. The number of carbonyl (C=O) groups excluding carboxylic acids is 4. The lowest BCUT2D eigenvalue weighted by Crippen LogP contribution is -2.31. The molecular weight excluding hydrogens is 1120 g/mol. The standard InChI is InChI=1S/4C18H20FNO2/c4*1-13(14(2)21)20-11-15-6-8-18(9-7-15)22-12-16-4-3-5-17(19)10-16/h4*3-10,13,20H,11-12H2,1-2H3/t4*13-/m0000/s1/i1D3,6D,7D,8D,9D,11D2,12D2,13D;1D3,6D,7D,8D,9D,11D2,12D2;1D3,12D2;1D3. The Kier molecular flexibility index (Phi) is 15.9. The first-order chi connectivity index (χ1) is 54.4. The second kappa shape index (κ2) is 37.7. The van der Waals surface area contributed by atoms with E-state index in [1.807, 2.05) is 5.32 Å². The van der Waals surface area contributed by atoms with E-state index in [4.69, 9.17) is 61.4 Å². The van der Waals surface area contributed by atoms with Crippen LogP contribution in [-0.2, 0) is 71.5 Å². The lowest BCUT2D eigenvalue weighted by atomic mass is 10.2. The van der Waals surface area contributed by atoms with Crippen LogP contribution in [0, 0.1) is 23.3 Å². The highest BCUT2D eigenvalue weighted by Gasteiger charge is 2.11. The molecule has 0 amide bonds. The second-order valence-electron chi connectivity index (χ2n) is 18.1. The van der Waals surface area contributed by atoms with Crippen molar-refractivity contribution >= 4 is 23.1 Å². The minimum atomic E-state index is -3.35. The Morgan fingerprint density at radius 1 is 0.398 bits per heavy atom. The molecule has 0 aliphatic rings. The van der Waals surface area contributed by atoms with Crippen molar-refractivity contribution in [3.05, 3.63) is 262 Å². The average molecular weight is 1240 g/mol. The van der Waals surface area contributed by atoms with Crippen LogP contribution in [0.25, 0.3) is 0 Å². The molecule has 4 atom stereocenters. The molecular formula is C72H80F4N4O8. The summed E-state index contributed by atoms with van der Waals surface area (Å²) in [5.41, 5.74) is -0.248. The van der Waals surface area contributed by atoms with E-state index in [-0.39, 0.29) is 48.0 Å². The van der Waals surface area contributed by atoms with E-state index in [0.717, 1.165) is 55.3 Å². The van der Waals surface area contributed by atoms with Crippen LogP contribution in [0.15, 0.2) is 194 Å². The molecule has 16 heteroatoms. The SMILES string of the molecule is [2H]C([2H])(Oc1ccc(CN[C@H](C(C)=O)C([2H])([2H])[2H])cc1)c1cccc(F)c1.[2H]C([2H])([2H])[C@H](NCc1ccc(OCc2cccc(F)c2)cc1)C(C)=O.[2H]c1c([2H])c(C([2H])([2H])N[C@H](C(C)=O)C([2H])([2H])[2H])c([2H])c([2H])c1OC([2H])([2H])c1cccc(F)c1.[2H]c1c([2H])c(C([2H])([2H])N[C@]([2H])(C(C)=O)C([2H])([2H])[2H])c([2H])c([2H])c1OC([2H])([2H])c1cccc(F)c1. The Bertz CT molecular complexity index is 4850. The maximum Gasteiger partial charge on any atom is 0.146 e. The quantitative estimate of drug-likeness (QED) is 0.0345. The van der Waals surface area contributed by atoms with Gasteiger partial charge in [0.05, 0.1) is 44.7 Å². The number of nitrogens with one attached hydrogen (secondary N) is 4. The lowest BCUT2D eigenvalue weighted by molar-refractivity contribution is -0.119. The lowest BCUT2D eigenvalue weighted by Gasteiger charge is -2.11. The number of ether oxygens (including phenoxy) is 4. The summed E-state index contributed by atoms with van der Waals surface area (Å²) in [7, 11) is 0. The third-order valence-corrected chi connectivity index (χ3v) is 10.9. The number of carbonyl (C=O) groups is 4. The van der Waals surface area contributed by atoms with E-state index < -0.39 is 196 Å². The van der Waals surface area contributed by atoms with Gasteiger partial charge in [-0.3, -0.25) is 19.2 Å². The fraction of sp³-hybridized carbons (Fsp3) is 0.278. The number of Topliss-reactive ketones (excluding diaryl/α,β-unsaturated/α-hetero) is 4. The van der Waals surface area contributed by atoms with Crippen molar-refractivity contribution in [3.63, 3.8) is 0 Å². The summed E-state index contributed by atoms with van der Waals surface area (Å²) < 4.78 is 317. The summed E-state index contributed by atoms with van der Waals surface area (Å²) in [5, 5.41) is 9.10. The van der Waals surface area contributed by atoms with Gasteiger partial charge in [-0.15, -0.1) is 0 Å². The molecule has 0 heterocycles. The Balaban J connectivity index is 0.000000285. The number of halogens is 4. The van der Waals surface area contributed by atoms with Crippen LogP contribution in [0.1, 0.15) is 142 Å². The van der Waals surface area contributed by atoms with Crippen molar-refractivity contribution in [1.29, 1.82) is 0 Å². The number of rotatable bonds is 28. The van der Waals surface area contributed by atoms with Gasteiger partial charge in [0.15, 0.2) is 0 Å². The number of hydrogen-bond donors (Lipinski definition) is 4. The summed E-state index contributed by atoms with van der Waals surface area (Å²) in [6.45, 7) is -20.3. The fourth-order valence-corrected chi connectivity index (χ4v) is 6.18. The van der Waals surface area contributed by atoms with E-state index >= 15 is 0 Å². The first kappa shape index (κ1) is 37.1. The van der Waals surface area contributed by atoms with Crippen molar-refractivity contribution in [2.75, 3.05) is 0 Å². The molecule has 8 aromatic rings. The molecule has 0 fully saturated rings. The maximum atomic E-state index is 13.5. The molecule has 0 radical (unpaired) electrons. The van der Waals surface area contributed by atoms with E-state index in [2.05, 4.69) is 10.6 Å². The highest BCUT2D eigenvalue weighted by atomic mass is 19.1. The van der Waals surface area contributed by atoms with Crippen LogP contribution < -0.4 is 40.2 Å². The fourth-order valence-electron chi connectivity index (χ4n) is 6.18. The largest absolute Gasteiger partial charge is 0.489 e. The molecule has 0 saturated heterocycles. The minimum absolute atomic E-state index is 0.0511. The van der Waals surface area contributed by atoms with Gasteiger partial charge in [-0.2, -0.15) is 0 Å². The van der Waals surface area contributed by atoms with Gasteiger partial charge in [-0.1, -0.05) is 97.0 Å². The van der Waals surface area contributed by atoms with E-state index in [1.165, 1.54) is 80.6 Å². The molecule has 464 valence electrons. The van der Waals surface area contributed by atoms with Gasteiger partial charge in [0, 0.05) is 48.0 Å². The summed E-state index contributed by atoms with van der Waals surface area (Å²) >= 11 is 0. The molecule has 0 unspecified atom stereocenters. The van der Waals surface area contributed by atoms with Crippen LogP contribution in [0.5, 0.6) is 23.0 Å². The highest BCUT2D eigenvalue weighted by molar-refractivity contribution is 5.82. The second-order valence-corrected chi connectivity index (χ2v) is 18.1. The van der Waals surface area contributed by atoms with Crippen molar-refractivity contribution in [2.45, 2.75) is 132 Å². The molecule has 88 heavy (non-hydrogen) atoms. The molecule has 0 saturated carbocycles. The number of ketones is 4. The number of hydrogen-bond acceptors (Lipinski definition) is 12. The van der Waals surface area contributed by atoms with E-state index in [9.17, 15) is 36.7 Å². The smallest absolute Gasteiger partial charge is 0.146 e. The van der Waals surface area contributed by atoms with Crippen molar-refractivity contribution < 1.29 is 98.2 Å². The summed E-state index contributed by atoms with van der Waals surface area (Å²) in [6, 6.07) is 17.5. The average Bonchev–Trinajstić information content (AvgIpc) is 0.746. The first-order valence-electron chi connectivity index (χ1n) is 41.6. The van der Waals surface area contributed by atoms with Gasteiger partial charge in [0.1, 0.15) is 95.7 Å². The highest BCUT2D eigenvalue weighted by Crippen LogP contribution is 2.19. The normalized spacial score (nSPS) is 18.8. The zero-order valence-electron chi connectivity index (χ0n) is 78.5. The van der Waals surface area contributed by atoms with Crippen molar-refractivity contribution in [1.82, 2.24) is 21.3 Å². The molecule has 0 bridgehead atoms. The summed E-state index contributed by atoms with van der Waals surface area (Å²) in [6.07, 6.45) is 0. The van der Waals surface area contributed by atoms with Crippen molar-refractivity contribution in [2.24, 2.45) is 0 Å². The zero-order chi connectivity index (χ0) is 90.6. The summed E-state index contributed by atoms with van der Waals surface area (Å²) in [4.78, 5) is 46.5. The van der Waals surface area contributed by atoms with Crippen LogP contribution in [0.2, 0.25) is 0 Å². The Labute approximate surface area is 558 Å². The van der Waals surface area contributed by atoms with Crippen molar-refractivity contribution in [3.8, 4) is 23.0 Å². The van der Waals surface area contributed by atoms with Crippen LogP contribution in [0.4, 0.5) is 17.6 Å². The Hall–Kier alpha value is -8.80. The minimum Gasteiger partial charge on any atom is -0.489 e. The third kappa shape index (κ3) is 27.7. The molecule has 4 N–H and O–H groups in total. The van der Waals surface area contributed by atoms with Gasteiger partial charge >= 0.3 is 0 Å². The Morgan fingerprint density at radius 3 is 1.09 bits per heavy atom. The van der Waals surface area contributed by atoms with Gasteiger partial charge in [0.25, 0.3) is 0 Å². The van der Waals surface area contributed by atoms with Crippen LogP contribution >= 0.6 is 0 Å². The van der Waals surface area contributed by atoms with Crippen LogP contribution in [-0.4, -0.2) is 47.3 Å². The number of benzene rings is 8.